The van der Waals surface area contributed by atoms with Crippen molar-refractivity contribution in [1.29, 1.82) is 0 Å². The number of H-pyrrole nitrogens is 1. The summed E-state index contributed by atoms with van der Waals surface area (Å²) < 4.78 is 13.9. The Morgan fingerprint density at radius 3 is 2.90 bits per heavy atom. The molecule has 2 amide bonds. The lowest BCUT2D eigenvalue weighted by atomic mass is 10.1. The number of benzene rings is 1. The molecule has 1 fully saturated rings. The number of aromatic nitrogens is 2. The average molecular weight is 288 g/mol. The van der Waals surface area contributed by atoms with Gasteiger partial charge in [-0.15, -0.1) is 0 Å². The van der Waals surface area contributed by atoms with Gasteiger partial charge in [-0.2, -0.15) is 5.10 Å². The van der Waals surface area contributed by atoms with E-state index in [2.05, 4.69) is 15.5 Å². The first-order chi connectivity index (χ1) is 10.2. The highest BCUT2D eigenvalue weighted by Gasteiger charge is 2.26. The maximum atomic E-state index is 13.9. The van der Waals surface area contributed by atoms with Gasteiger partial charge in [0.15, 0.2) is 0 Å². The zero-order chi connectivity index (χ0) is 14.8. The second-order valence-corrected chi connectivity index (χ2v) is 4.72. The number of nitrogens with one attached hydrogen (secondary N) is 2. The fourth-order valence-corrected chi connectivity index (χ4v) is 2.30. The lowest BCUT2D eigenvalue weighted by molar-refractivity contribution is -0.123. The molecule has 1 aliphatic heterocycles. The summed E-state index contributed by atoms with van der Waals surface area (Å²) in [4.78, 5) is 25.3. The first kappa shape index (κ1) is 13.3. The van der Waals surface area contributed by atoms with Crippen LogP contribution in [0.3, 0.4) is 0 Å². The summed E-state index contributed by atoms with van der Waals surface area (Å²) in [7, 11) is 0. The van der Waals surface area contributed by atoms with Crippen LogP contribution in [-0.4, -0.2) is 46.5 Å². The Hall–Kier alpha value is -2.70. The van der Waals surface area contributed by atoms with E-state index < -0.39 is 5.82 Å². The van der Waals surface area contributed by atoms with E-state index in [1.165, 1.54) is 17.2 Å². The number of rotatable bonds is 2. The van der Waals surface area contributed by atoms with Crippen molar-refractivity contribution in [2.24, 2.45) is 0 Å². The van der Waals surface area contributed by atoms with Crippen LogP contribution in [0, 0.1) is 5.82 Å². The van der Waals surface area contributed by atoms with Crippen molar-refractivity contribution >= 4 is 11.8 Å². The van der Waals surface area contributed by atoms with Gasteiger partial charge < -0.3 is 10.2 Å². The summed E-state index contributed by atoms with van der Waals surface area (Å²) in [5.74, 6) is -0.977. The van der Waals surface area contributed by atoms with Crippen LogP contribution in [0.5, 0.6) is 0 Å². The van der Waals surface area contributed by atoms with Crippen molar-refractivity contribution < 1.29 is 14.0 Å². The minimum absolute atomic E-state index is 0.000719. The number of amides is 2. The molecule has 0 atom stereocenters. The third-order valence-corrected chi connectivity index (χ3v) is 3.34. The van der Waals surface area contributed by atoms with E-state index >= 15 is 0 Å². The van der Waals surface area contributed by atoms with E-state index in [0.29, 0.717) is 18.8 Å². The molecule has 1 aromatic heterocycles. The van der Waals surface area contributed by atoms with Crippen LogP contribution in [0.15, 0.2) is 30.5 Å². The Labute approximate surface area is 120 Å². The number of carbonyl (C=O) groups is 2. The van der Waals surface area contributed by atoms with E-state index in [-0.39, 0.29) is 29.5 Å². The molecule has 0 radical (unpaired) electrons. The monoisotopic (exact) mass is 288 g/mol. The molecule has 0 aliphatic carbocycles. The normalized spacial score (nSPS) is 14.9. The van der Waals surface area contributed by atoms with Gasteiger partial charge in [-0.25, -0.2) is 4.39 Å². The Morgan fingerprint density at radius 1 is 1.33 bits per heavy atom. The highest BCUT2D eigenvalue weighted by Crippen LogP contribution is 2.24. The molecule has 3 rings (SSSR count). The number of nitrogens with zero attached hydrogens (tertiary/aromatic N) is 2. The fraction of sp³-hybridized carbons (Fsp3) is 0.214. The van der Waals surface area contributed by atoms with Gasteiger partial charge in [0.05, 0.1) is 24.0 Å². The van der Waals surface area contributed by atoms with Crippen LogP contribution in [0.1, 0.15) is 10.4 Å². The van der Waals surface area contributed by atoms with Crippen molar-refractivity contribution in [3.63, 3.8) is 0 Å². The lowest BCUT2D eigenvalue weighted by Crippen LogP contribution is -2.50. The van der Waals surface area contributed by atoms with Gasteiger partial charge in [-0.3, -0.25) is 14.7 Å². The number of hydrogen-bond donors (Lipinski definition) is 2. The maximum absolute atomic E-state index is 13.9. The topological polar surface area (TPSA) is 78.1 Å². The van der Waals surface area contributed by atoms with Crippen LogP contribution < -0.4 is 5.32 Å². The molecule has 108 valence electrons. The van der Waals surface area contributed by atoms with E-state index in [4.69, 9.17) is 0 Å². The van der Waals surface area contributed by atoms with Crippen LogP contribution in [0.25, 0.3) is 11.3 Å². The number of carbonyl (C=O) groups excluding carboxylic acids is 2. The molecule has 0 bridgehead atoms. The standard InChI is InChI=1S/C14H13FN4O2/c15-11-4-2-1-3-9(11)13-10(7-17-18-13)14(21)19-6-5-16-12(20)8-19/h1-4,7H,5-6,8H2,(H,16,20)(H,17,18). The Morgan fingerprint density at radius 2 is 2.14 bits per heavy atom. The molecule has 0 saturated carbocycles. The summed E-state index contributed by atoms with van der Waals surface area (Å²) in [5.41, 5.74) is 0.860. The predicted octanol–water partition coefficient (Wildman–Crippen LogP) is 0.788. The third-order valence-electron chi connectivity index (χ3n) is 3.34. The second kappa shape index (κ2) is 5.35. The summed E-state index contributed by atoms with van der Waals surface area (Å²) in [6.07, 6.45) is 1.36. The number of aromatic amines is 1. The van der Waals surface area contributed by atoms with Gasteiger partial charge in [-0.05, 0) is 12.1 Å². The first-order valence-electron chi connectivity index (χ1n) is 6.51. The van der Waals surface area contributed by atoms with Crippen LogP contribution in [0.4, 0.5) is 4.39 Å². The zero-order valence-electron chi connectivity index (χ0n) is 11.1. The highest BCUT2D eigenvalue weighted by atomic mass is 19.1. The van der Waals surface area contributed by atoms with E-state index in [1.54, 1.807) is 18.2 Å². The summed E-state index contributed by atoms with van der Waals surface area (Å²) in [5, 5.41) is 9.14. The van der Waals surface area contributed by atoms with Gasteiger partial charge in [0.2, 0.25) is 5.91 Å². The number of halogens is 1. The smallest absolute Gasteiger partial charge is 0.258 e. The number of hydrogen-bond acceptors (Lipinski definition) is 3. The number of piperazine rings is 1. The fourth-order valence-electron chi connectivity index (χ4n) is 2.30. The molecule has 1 saturated heterocycles. The van der Waals surface area contributed by atoms with Gasteiger partial charge in [0, 0.05) is 18.7 Å². The third kappa shape index (κ3) is 2.49. The summed E-state index contributed by atoms with van der Waals surface area (Å²) >= 11 is 0. The van der Waals surface area contributed by atoms with Gasteiger partial charge >= 0.3 is 0 Å². The predicted molar refractivity (Wildman–Crippen MR) is 72.9 cm³/mol. The first-order valence-corrected chi connectivity index (χ1v) is 6.51. The van der Waals surface area contributed by atoms with Crippen LogP contribution in [0.2, 0.25) is 0 Å². The molecule has 1 aromatic carbocycles. The van der Waals surface area contributed by atoms with E-state index in [9.17, 15) is 14.0 Å². The van der Waals surface area contributed by atoms with Crippen molar-refractivity contribution in [3.8, 4) is 11.3 Å². The molecule has 6 nitrogen and oxygen atoms in total. The molecular formula is C14H13FN4O2. The van der Waals surface area contributed by atoms with E-state index in [1.807, 2.05) is 0 Å². The molecule has 2 aromatic rings. The molecule has 2 heterocycles. The van der Waals surface area contributed by atoms with Crippen molar-refractivity contribution in [2.75, 3.05) is 19.6 Å². The molecule has 0 unspecified atom stereocenters. The van der Waals surface area contributed by atoms with Crippen LogP contribution >= 0.6 is 0 Å². The second-order valence-electron chi connectivity index (χ2n) is 4.72. The SMILES string of the molecule is O=C1CN(C(=O)c2cn[nH]c2-c2ccccc2F)CCN1. The minimum atomic E-state index is -0.438. The average Bonchev–Trinajstić information content (AvgIpc) is 2.96. The summed E-state index contributed by atoms with van der Waals surface area (Å²) in [6, 6.07) is 6.15. The Balaban J connectivity index is 1.94. The molecule has 7 heteroatoms. The minimum Gasteiger partial charge on any atom is -0.353 e. The van der Waals surface area contributed by atoms with E-state index in [0.717, 1.165) is 0 Å². The van der Waals surface area contributed by atoms with Gasteiger partial charge in [-0.1, -0.05) is 12.1 Å². The lowest BCUT2D eigenvalue weighted by Gasteiger charge is -2.26. The zero-order valence-corrected chi connectivity index (χ0v) is 11.1. The van der Waals surface area contributed by atoms with Gasteiger partial charge in [0.1, 0.15) is 5.82 Å². The highest BCUT2D eigenvalue weighted by molar-refractivity contribution is 6.01. The summed E-state index contributed by atoms with van der Waals surface area (Å²) in [6.45, 7) is 0.838. The van der Waals surface area contributed by atoms with Crippen molar-refractivity contribution in [1.82, 2.24) is 20.4 Å². The Kier molecular flexibility index (Phi) is 3.39. The molecule has 21 heavy (non-hydrogen) atoms. The molecule has 1 aliphatic rings. The largest absolute Gasteiger partial charge is 0.353 e. The molecule has 0 spiro atoms. The van der Waals surface area contributed by atoms with Crippen molar-refractivity contribution in [2.45, 2.75) is 0 Å². The Bertz CT molecular complexity index is 698. The van der Waals surface area contributed by atoms with Crippen molar-refractivity contribution in [3.05, 3.63) is 41.8 Å². The molecular weight excluding hydrogens is 275 g/mol. The van der Waals surface area contributed by atoms with Gasteiger partial charge in [0.25, 0.3) is 5.91 Å². The quantitative estimate of drug-likeness (QED) is 0.857. The molecule has 2 N–H and O–H groups in total. The maximum Gasteiger partial charge on any atom is 0.258 e. The van der Waals surface area contributed by atoms with Crippen LogP contribution in [-0.2, 0) is 4.79 Å².